The van der Waals surface area contributed by atoms with Gasteiger partial charge in [-0.25, -0.2) is 4.39 Å². The SMILES string of the molecule is CC(=O)N1[C@@H]2CN(C(=O)COc3ccccc3F)[C@@H]3CCC[C@H]1[C@]3(C)C2. The van der Waals surface area contributed by atoms with Crippen LogP contribution < -0.4 is 4.74 Å². The highest BCUT2D eigenvalue weighted by Gasteiger charge is 2.61. The van der Waals surface area contributed by atoms with Gasteiger partial charge in [-0.15, -0.1) is 0 Å². The summed E-state index contributed by atoms with van der Waals surface area (Å²) >= 11 is 0. The summed E-state index contributed by atoms with van der Waals surface area (Å²) in [5.74, 6) is -0.396. The summed E-state index contributed by atoms with van der Waals surface area (Å²) in [4.78, 5) is 29.0. The molecule has 0 radical (unpaired) electrons. The number of para-hydroxylation sites is 1. The van der Waals surface area contributed by atoms with Crippen LogP contribution in [0.5, 0.6) is 5.75 Å². The average molecular weight is 360 g/mol. The van der Waals surface area contributed by atoms with Crippen molar-refractivity contribution >= 4 is 11.8 Å². The summed E-state index contributed by atoms with van der Waals surface area (Å²) in [6.45, 7) is 4.22. The Hall–Kier alpha value is -2.11. The highest BCUT2D eigenvalue weighted by Crippen LogP contribution is 2.54. The van der Waals surface area contributed by atoms with E-state index in [0.29, 0.717) is 6.54 Å². The molecule has 2 saturated heterocycles. The zero-order chi connectivity index (χ0) is 18.5. The summed E-state index contributed by atoms with van der Waals surface area (Å²) in [6.07, 6.45) is 3.94. The maximum atomic E-state index is 13.7. The van der Waals surface area contributed by atoms with Gasteiger partial charge in [0.25, 0.3) is 5.91 Å². The van der Waals surface area contributed by atoms with Crippen LogP contribution in [0.2, 0.25) is 0 Å². The molecule has 0 aromatic heterocycles. The number of halogens is 1. The standard InChI is InChI=1S/C20H25FN2O3/c1-13(24)23-14-10-20(2)17(8-5-9-18(20)23)22(11-14)19(25)12-26-16-7-4-3-6-15(16)21/h3-4,6-7,14,17-18H,5,8-12H2,1-2H3/t14-,17+,18-,20+/m0/s1. The summed E-state index contributed by atoms with van der Waals surface area (Å²) in [5, 5.41) is 0. The minimum Gasteiger partial charge on any atom is -0.481 e. The van der Waals surface area contributed by atoms with E-state index in [4.69, 9.17) is 4.74 Å². The molecule has 1 saturated carbocycles. The fourth-order valence-corrected chi connectivity index (χ4v) is 5.53. The summed E-state index contributed by atoms with van der Waals surface area (Å²) in [6, 6.07) is 6.53. The number of amides is 2. The third-order valence-corrected chi connectivity index (χ3v) is 6.54. The predicted octanol–water partition coefficient (Wildman–Crippen LogP) is 2.59. The highest BCUT2D eigenvalue weighted by atomic mass is 19.1. The first-order valence-electron chi connectivity index (χ1n) is 9.37. The molecule has 0 spiro atoms. The van der Waals surface area contributed by atoms with Gasteiger partial charge in [0, 0.05) is 31.0 Å². The number of hydrogen-bond donors (Lipinski definition) is 0. The molecule has 1 aromatic carbocycles. The van der Waals surface area contributed by atoms with Crippen LogP contribution in [0.25, 0.3) is 0 Å². The third-order valence-electron chi connectivity index (χ3n) is 6.54. The van der Waals surface area contributed by atoms with E-state index in [1.807, 2.05) is 9.80 Å². The topological polar surface area (TPSA) is 49.9 Å². The lowest BCUT2D eigenvalue weighted by molar-refractivity contribution is -0.142. The van der Waals surface area contributed by atoms with Crippen molar-refractivity contribution in [1.82, 2.24) is 9.80 Å². The third kappa shape index (κ3) is 2.58. The number of carbonyl (C=O) groups excluding carboxylic acids is 2. The number of ether oxygens (including phenoxy) is 1. The number of rotatable bonds is 3. The van der Waals surface area contributed by atoms with Gasteiger partial charge in [-0.05, 0) is 37.8 Å². The Morgan fingerprint density at radius 3 is 2.73 bits per heavy atom. The number of nitrogens with zero attached hydrogens (tertiary/aromatic N) is 2. The van der Waals surface area contributed by atoms with Crippen molar-refractivity contribution in [3.63, 3.8) is 0 Å². The zero-order valence-electron chi connectivity index (χ0n) is 15.3. The van der Waals surface area contributed by atoms with Crippen molar-refractivity contribution in [3.8, 4) is 5.75 Å². The van der Waals surface area contributed by atoms with E-state index in [1.165, 1.54) is 12.1 Å². The van der Waals surface area contributed by atoms with Crippen LogP contribution in [-0.2, 0) is 9.59 Å². The quantitative estimate of drug-likeness (QED) is 0.833. The first-order valence-corrected chi connectivity index (χ1v) is 9.37. The van der Waals surface area contributed by atoms with Crippen LogP contribution >= 0.6 is 0 Å². The van der Waals surface area contributed by atoms with E-state index in [0.717, 1.165) is 25.7 Å². The molecular weight excluding hydrogens is 335 g/mol. The molecule has 2 heterocycles. The van der Waals surface area contributed by atoms with Gasteiger partial charge >= 0.3 is 0 Å². The van der Waals surface area contributed by atoms with E-state index in [9.17, 15) is 14.0 Å². The maximum absolute atomic E-state index is 13.7. The van der Waals surface area contributed by atoms with E-state index >= 15 is 0 Å². The van der Waals surface area contributed by atoms with Gasteiger partial charge in [-0.3, -0.25) is 9.59 Å². The van der Waals surface area contributed by atoms with Gasteiger partial charge in [0.05, 0.1) is 6.04 Å². The van der Waals surface area contributed by atoms with Crippen molar-refractivity contribution in [2.24, 2.45) is 5.41 Å². The Balaban J connectivity index is 1.53. The van der Waals surface area contributed by atoms with Gasteiger partial charge < -0.3 is 14.5 Å². The Kier molecular flexibility index (Phi) is 4.16. The molecular formula is C20H25FN2O3. The average Bonchev–Trinajstić information content (AvgIpc) is 2.90. The Morgan fingerprint density at radius 1 is 1.27 bits per heavy atom. The monoisotopic (exact) mass is 360 g/mol. The molecule has 3 fully saturated rings. The minimum atomic E-state index is -0.466. The molecule has 0 N–H and O–H groups in total. The fourth-order valence-electron chi connectivity index (χ4n) is 5.53. The normalized spacial score (nSPS) is 32.5. The maximum Gasteiger partial charge on any atom is 0.260 e. The Bertz CT molecular complexity index is 740. The molecule has 1 aromatic rings. The fraction of sp³-hybridized carbons (Fsp3) is 0.600. The largest absolute Gasteiger partial charge is 0.481 e. The number of fused-ring (bicyclic) bond motifs is 1. The molecule has 1 aliphatic carbocycles. The molecule has 2 aliphatic heterocycles. The molecule has 3 aliphatic rings. The van der Waals surface area contributed by atoms with Crippen LogP contribution in [0, 0.1) is 11.2 Å². The number of likely N-dealkylation sites (tertiary alicyclic amines) is 2. The second-order valence-corrected chi connectivity index (χ2v) is 8.02. The zero-order valence-corrected chi connectivity index (χ0v) is 15.3. The van der Waals surface area contributed by atoms with E-state index in [-0.39, 0.29) is 47.7 Å². The molecule has 4 rings (SSSR count). The summed E-state index contributed by atoms with van der Waals surface area (Å²) < 4.78 is 19.2. The predicted molar refractivity (Wildman–Crippen MR) is 94.1 cm³/mol. The molecule has 0 unspecified atom stereocenters. The molecule has 2 bridgehead atoms. The second-order valence-electron chi connectivity index (χ2n) is 8.02. The second kappa shape index (κ2) is 6.25. The first-order chi connectivity index (χ1) is 12.4. The number of benzene rings is 1. The lowest BCUT2D eigenvalue weighted by Crippen LogP contribution is -2.58. The molecule has 140 valence electrons. The first kappa shape index (κ1) is 17.3. The lowest BCUT2D eigenvalue weighted by atomic mass is 9.66. The van der Waals surface area contributed by atoms with Crippen molar-refractivity contribution in [2.75, 3.05) is 13.2 Å². The van der Waals surface area contributed by atoms with Crippen LogP contribution in [-0.4, -0.2) is 52.9 Å². The van der Waals surface area contributed by atoms with E-state index < -0.39 is 5.82 Å². The van der Waals surface area contributed by atoms with Crippen molar-refractivity contribution < 1.29 is 18.7 Å². The van der Waals surface area contributed by atoms with Crippen LogP contribution in [0.4, 0.5) is 4.39 Å². The van der Waals surface area contributed by atoms with Crippen LogP contribution in [0.1, 0.15) is 39.5 Å². The number of carbonyl (C=O) groups is 2. The van der Waals surface area contributed by atoms with E-state index in [1.54, 1.807) is 19.1 Å². The molecule has 6 heteroatoms. The van der Waals surface area contributed by atoms with Crippen LogP contribution in [0.15, 0.2) is 24.3 Å². The molecule has 5 nitrogen and oxygen atoms in total. The highest BCUT2D eigenvalue weighted by molar-refractivity contribution is 5.79. The smallest absolute Gasteiger partial charge is 0.260 e. The van der Waals surface area contributed by atoms with Gasteiger partial charge in [0.2, 0.25) is 5.91 Å². The molecule has 4 atom stereocenters. The summed E-state index contributed by atoms with van der Waals surface area (Å²) in [7, 11) is 0. The Morgan fingerprint density at radius 2 is 2.00 bits per heavy atom. The number of hydrogen-bond acceptors (Lipinski definition) is 3. The number of piperidine rings is 1. The van der Waals surface area contributed by atoms with Gasteiger partial charge in [0.15, 0.2) is 18.2 Å². The van der Waals surface area contributed by atoms with Crippen molar-refractivity contribution in [1.29, 1.82) is 0 Å². The molecule has 2 amide bonds. The van der Waals surface area contributed by atoms with Crippen molar-refractivity contribution in [3.05, 3.63) is 30.1 Å². The Labute approximate surface area is 153 Å². The summed E-state index contributed by atoms with van der Waals surface area (Å²) in [5.41, 5.74) is -0.0551. The minimum absolute atomic E-state index is 0.0551. The van der Waals surface area contributed by atoms with E-state index in [2.05, 4.69) is 6.92 Å². The molecule has 26 heavy (non-hydrogen) atoms. The van der Waals surface area contributed by atoms with Crippen LogP contribution in [0.3, 0.4) is 0 Å². The lowest BCUT2D eigenvalue weighted by Gasteiger charge is -2.49. The van der Waals surface area contributed by atoms with Gasteiger partial charge in [-0.2, -0.15) is 0 Å². The van der Waals surface area contributed by atoms with Gasteiger partial charge in [-0.1, -0.05) is 19.1 Å². The van der Waals surface area contributed by atoms with Gasteiger partial charge in [0.1, 0.15) is 0 Å². The van der Waals surface area contributed by atoms with Crippen molar-refractivity contribution in [2.45, 2.75) is 57.7 Å².